The van der Waals surface area contributed by atoms with E-state index in [2.05, 4.69) is 20.1 Å². The van der Waals surface area contributed by atoms with Gasteiger partial charge in [-0.25, -0.2) is 14.8 Å². The number of nitrogens with zero attached hydrogens (tertiary/aromatic N) is 5. The second-order valence-electron chi connectivity index (χ2n) is 7.29. The maximum atomic E-state index is 10.9. The number of hydrogen-bond donors (Lipinski definition) is 2. The molecule has 10 heteroatoms. The van der Waals surface area contributed by atoms with Crippen molar-refractivity contribution in [3.63, 3.8) is 0 Å². The number of morpholine rings is 1. The van der Waals surface area contributed by atoms with Gasteiger partial charge in [0, 0.05) is 38.4 Å². The lowest BCUT2D eigenvalue weighted by atomic mass is 10.1. The first kappa shape index (κ1) is 17.9. The zero-order valence-corrected chi connectivity index (χ0v) is 15.9. The number of furan rings is 1. The Morgan fingerprint density at radius 2 is 1.93 bits per heavy atom. The largest absolute Gasteiger partial charge is 0.465 e. The zero-order chi connectivity index (χ0) is 19.8. The summed E-state index contributed by atoms with van der Waals surface area (Å²) < 4.78 is 11.5. The molecule has 0 atom stereocenters. The Hall–Kier alpha value is -3.14. The number of nitrogens with one attached hydrogen (secondary N) is 1. The molecule has 5 heterocycles. The topological polar surface area (TPSA) is 117 Å². The van der Waals surface area contributed by atoms with Crippen LogP contribution in [0, 0.1) is 0 Å². The Kier molecular flexibility index (Phi) is 4.55. The maximum absolute atomic E-state index is 10.9. The van der Waals surface area contributed by atoms with Crippen LogP contribution >= 0.6 is 0 Å². The number of pyridine rings is 1. The third-order valence-corrected chi connectivity index (χ3v) is 5.48. The quantitative estimate of drug-likeness (QED) is 0.681. The van der Waals surface area contributed by atoms with Crippen molar-refractivity contribution in [3.05, 3.63) is 18.3 Å². The summed E-state index contributed by atoms with van der Waals surface area (Å²) in [6, 6.07) is 3.79. The van der Waals surface area contributed by atoms with Crippen molar-refractivity contribution in [2.75, 3.05) is 49.2 Å². The number of carbonyl (C=O) groups is 1. The third-order valence-electron chi connectivity index (χ3n) is 5.48. The van der Waals surface area contributed by atoms with Gasteiger partial charge in [0.05, 0.1) is 18.6 Å². The van der Waals surface area contributed by atoms with Crippen molar-refractivity contribution in [2.24, 2.45) is 0 Å². The lowest BCUT2D eigenvalue weighted by Gasteiger charge is -2.33. The lowest BCUT2D eigenvalue weighted by molar-refractivity contribution is 0.122. The Morgan fingerprint density at radius 1 is 1.14 bits per heavy atom. The van der Waals surface area contributed by atoms with Crippen LogP contribution in [-0.4, -0.2) is 71.6 Å². The van der Waals surface area contributed by atoms with Gasteiger partial charge in [-0.2, -0.15) is 4.98 Å². The monoisotopic (exact) mass is 398 g/mol. The molecule has 0 bridgehead atoms. The van der Waals surface area contributed by atoms with Crippen molar-refractivity contribution < 1.29 is 19.1 Å². The molecule has 2 aliphatic heterocycles. The fourth-order valence-corrected chi connectivity index (χ4v) is 3.98. The van der Waals surface area contributed by atoms with Crippen molar-refractivity contribution in [2.45, 2.75) is 18.9 Å². The number of aromatic nitrogens is 3. The van der Waals surface area contributed by atoms with Crippen LogP contribution in [0.1, 0.15) is 12.8 Å². The average Bonchev–Trinajstić information content (AvgIpc) is 3.12. The minimum absolute atomic E-state index is 0.0369. The lowest BCUT2D eigenvalue weighted by Crippen LogP contribution is -2.45. The molecule has 2 aliphatic rings. The van der Waals surface area contributed by atoms with Crippen LogP contribution in [0.4, 0.5) is 16.6 Å². The molecular formula is C19H22N6O4. The normalized spacial score (nSPS) is 18.5. The van der Waals surface area contributed by atoms with Crippen LogP contribution in [0.15, 0.2) is 22.7 Å². The second-order valence-corrected chi connectivity index (χ2v) is 7.29. The van der Waals surface area contributed by atoms with E-state index < -0.39 is 6.09 Å². The smallest absolute Gasteiger partial charge is 0.404 e. The molecular weight excluding hydrogens is 376 g/mol. The highest BCUT2D eigenvalue weighted by Gasteiger charge is 2.27. The SMILES string of the molecule is O=C(O)NC1CCN(c2nc(N3CCOCC3)c3oc4ncccc4c3n2)CC1. The van der Waals surface area contributed by atoms with Gasteiger partial charge in [-0.3, -0.25) is 0 Å². The van der Waals surface area contributed by atoms with Gasteiger partial charge >= 0.3 is 6.09 Å². The molecule has 0 aliphatic carbocycles. The Morgan fingerprint density at radius 3 is 2.69 bits per heavy atom. The molecule has 2 saturated heterocycles. The van der Waals surface area contributed by atoms with Crippen molar-refractivity contribution in [1.29, 1.82) is 0 Å². The number of rotatable bonds is 3. The summed E-state index contributed by atoms with van der Waals surface area (Å²) in [4.78, 5) is 29.2. The van der Waals surface area contributed by atoms with Crippen LogP contribution in [-0.2, 0) is 4.74 Å². The molecule has 3 aromatic rings. The zero-order valence-electron chi connectivity index (χ0n) is 15.9. The Bertz CT molecular complexity index is 1040. The maximum Gasteiger partial charge on any atom is 0.404 e. The van der Waals surface area contributed by atoms with Crippen LogP contribution in [0.2, 0.25) is 0 Å². The summed E-state index contributed by atoms with van der Waals surface area (Å²) in [5, 5.41) is 12.4. The van der Waals surface area contributed by atoms with Gasteiger partial charge in [0.1, 0.15) is 5.52 Å². The number of anilines is 2. The first-order valence-electron chi connectivity index (χ1n) is 9.81. The third kappa shape index (κ3) is 3.39. The molecule has 0 radical (unpaired) electrons. The van der Waals surface area contributed by atoms with Crippen LogP contribution in [0.5, 0.6) is 0 Å². The summed E-state index contributed by atoms with van der Waals surface area (Å²) in [6.45, 7) is 4.14. The average molecular weight is 398 g/mol. The van der Waals surface area contributed by atoms with E-state index in [1.165, 1.54) is 0 Å². The predicted molar refractivity (Wildman–Crippen MR) is 107 cm³/mol. The van der Waals surface area contributed by atoms with Gasteiger partial charge in [0.2, 0.25) is 11.7 Å². The fourth-order valence-electron chi connectivity index (χ4n) is 3.98. The molecule has 1 amide bonds. The van der Waals surface area contributed by atoms with Gasteiger partial charge in [-0.15, -0.1) is 0 Å². The summed E-state index contributed by atoms with van der Waals surface area (Å²) in [5.74, 6) is 1.40. The fraction of sp³-hybridized carbons (Fsp3) is 0.474. The van der Waals surface area contributed by atoms with E-state index >= 15 is 0 Å². The Balaban J connectivity index is 1.53. The summed E-state index contributed by atoms with van der Waals surface area (Å²) in [7, 11) is 0. The van der Waals surface area contributed by atoms with E-state index in [0.29, 0.717) is 56.4 Å². The highest BCUT2D eigenvalue weighted by Crippen LogP contribution is 2.34. The molecule has 3 aromatic heterocycles. The van der Waals surface area contributed by atoms with E-state index in [4.69, 9.17) is 24.2 Å². The van der Waals surface area contributed by atoms with E-state index in [9.17, 15) is 4.79 Å². The van der Waals surface area contributed by atoms with Gasteiger partial charge in [0.15, 0.2) is 11.4 Å². The first-order chi connectivity index (χ1) is 14.2. The number of hydrogen-bond acceptors (Lipinski definition) is 8. The summed E-state index contributed by atoms with van der Waals surface area (Å²) in [5.41, 5.74) is 1.95. The number of amides is 1. The number of ether oxygens (including phenoxy) is 1. The molecule has 0 spiro atoms. The molecule has 29 heavy (non-hydrogen) atoms. The summed E-state index contributed by atoms with van der Waals surface area (Å²) >= 11 is 0. The predicted octanol–water partition coefficient (Wildman–Crippen LogP) is 1.84. The molecule has 2 fully saturated rings. The van der Waals surface area contributed by atoms with Crippen molar-refractivity contribution >= 4 is 40.1 Å². The van der Waals surface area contributed by atoms with E-state index in [0.717, 1.165) is 29.8 Å². The minimum Gasteiger partial charge on any atom is -0.465 e. The highest BCUT2D eigenvalue weighted by molar-refractivity contribution is 6.05. The van der Waals surface area contributed by atoms with Crippen LogP contribution < -0.4 is 15.1 Å². The number of carboxylic acid groups (broad SMARTS) is 1. The first-order valence-corrected chi connectivity index (χ1v) is 9.81. The molecule has 2 N–H and O–H groups in total. The standard InChI is InChI=1S/C19H22N6O4/c26-19(27)21-12-3-6-25(7-4-12)18-22-14-13-2-1-5-20-17(13)29-15(14)16(23-18)24-8-10-28-11-9-24/h1-2,5,12,21H,3-4,6-11H2,(H,26,27). The molecule has 0 saturated carbocycles. The molecule has 152 valence electrons. The number of fused-ring (bicyclic) bond motifs is 3. The molecule has 10 nitrogen and oxygen atoms in total. The van der Waals surface area contributed by atoms with Gasteiger partial charge < -0.3 is 29.4 Å². The van der Waals surface area contributed by atoms with E-state index in [-0.39, 0.29) is 6.04 Å². The van der Waals surface area contributed by atoms with E-state index in [1.807, 2.05) is 12.1 Å². The molecule has 0 aromatic carbocycles. The van der Waals surface area contributed by atoms with Gasteiger partial charge in [0.25, 0.3) is 0 Å². The van der Waals surface area contributed by atoms with E-state index in [1.54, 1.807) is 6.20 Å². The highest BCUT2D eigenvalue weighted by atomic mass is 16.5. The van der Waals surface area contributed by atoms with Crippen molar-refractivity contribution in [3.8, 4) is 0 Å². The minimum atomic E-state index is -0.979. The second kappa shape index (κ2) is 7.36. The van der Waals surface area contributed by atoms with Crippen LogP contribution in [0.3, 0.4) is 0 Å². The molecule has 5 rings (SSSR count). The van der Waals surface area contributed by atoms with Crippen molar-refractivity contribution in [1.82, 2.24) is 20.3 Å². The van der Waals surface area contributed by atoms with Gasteiger partial charge in [-0.05, 0) is 25.0 Å². The number of piperidine rings is 1. The van der Waals surface area contributed by atoms with Crippen LogP contribution in [0.25, 0.3) is 22.2 Å². The Labute approximate surface area is 166 Å². The van der Waals surface area contributed by atoms with Gasteiger partial charge in [-0.1, -0.05) is 0 Å². The summed E-state index contributed by atoms with van der Waals surface area (Å²) in [6.07, 6.45) is 2.16. The molecule has 0 unspecified atom stereocenters.